The number of carbonyl (C=O) groups excluding carboxylic acids is 7. The quantitative estimate of drug-likeness (QED) is 0.0274. The Balaban J connectivity index is -0.0000000911. The maximum Gasteiger partial charge on any atom is 0.407 e. The van der Waals surface area contributed by atoms with Gasteiger partial charge in [-0.25, -0.2) is 40.6 Å². The van der Waals surface area contributed by atoms with E-state index in [1.807, 2.05) is 163 Å². The number of hydrogen-bond donors (Lipinski definition) is 12. The van der Waals surface area contributed by atoms with E-state index in [-0.39, 0.29) is 108 Å². The average Bonchev–Trinajstić information content (AvgIpc) is 1.96. The van der Waals surface area contributed by atoms with Gasteiger partial charge in [-0.1, -0.05) is 52.8 Å². The van der Waals surface area contributed by atoms with Crippen molar-refractivity contribution >= 4 is 71.8 Å². The molecule has 12 N–H and O–H groups in total. The number of allylic oxidation sites excluding steroid dienone is 2. The van der Waals surface area contributed by atoms with Crippen LogP contribution in [0.25, 0.3) is 0 Å². The van der Waals surface area contributed by atoms with Crippen LogP contribution in [0.2, 0.25) is 0 Å². The van der Waals surface area contributed by atoms with Crippen LogP contribution in [0.5, 0.6) is 0 Å². The van der Waals surface area contributed by atoms with Crippen molar-refractivity contribution in [2.75, 3.05) is 52.8 Å². The molecule has 568 valence electrons. The number of amides is 7. The summed E-state index contributed by atoms with van der Waals surface area (Å²) < 4.78 is 77.5. The Bertz CT molecular complexity index is 2380. The second-order valence-electron chi connectivity index (χ2n) is 24.4. The number of carbonyl (C=O) groups is 7. The fourth-order valence-corrected chi connectivity index (χ4v) is 7.25. The summed E-state index contributed by atoms with van der Waals surface area (Å²) in [6.45, 7) is 57.3. The van der Waals surface area contributed by atoms with E-state index in [9.17, 15) is 58.8 Å². The van der Waals surface area contributed by atoms with E-state index in [1.54, 1.807) is 87.5 Å². The molecule has 0 aromatic heterocycles. The molecule has 0 saturated carbocycles. The molecule has 30 heteroatoms. The second-order valence-corrected chi connectivity index (χ2v) is 29.8. The predicted molar refractivity (Wildman–Crippen MR) is 396 cm³/mol. The van der Waals surface area contributed by atoms with Crippen molar-refractivity contribution in [3.8, 4) is 12.3 Å². The largest absolute Gasteiger partial charge is 0.453 e. The number of urea groups is 1. The van der Waals surface area contributed by atoms with E-state index in [4.69, 9.17) is 11.5 Å². The summed E-state index contributed by atoms with van der Waals surface area (Å²) in [5, 5.41) is 27.8. The highest BCUT2D eigenvalue weighted by molar-refractivity contribution is 7.89. The summed E-state index contributed by atoms with van der Waals surface area (Å²) in [5.74, 6) is 2.38. The van der Waals surface area contributed by atoms with Gasteiger partial charge in [-0.15, -0.1) is 6.42 Å². The molecule has 0 aliphatic heterocycles. The normalized spacial score (nSPS) is 10.9. The number of hydrogen-bond acceptors (Lipinski definition) is 16. The first-order valence-electron chi connectivity index (χ1n) is 31.9. The van der Waals surface area contributed by atoms with Crippen LogP contribution in [-0.2, 0) is 59.0 Å². The van der Waals surface area contributed by atoms with E-state index >= 15 is 0 Å². The maximum absolute atomic E-state index is 11.0. The summed E-state index contributed by atoms with van der Waals surface area (Å²) in [5.41, 5.74) is -0.500. The first-order valence-corrected chi connectivity index (χ1v) is 36.9. The lowest BCUT2D eigenvalue weighted by molar-refractivity contribution is -0.119. The van der Waals surface area contributed by atoms with E-state index in [1.165, 1.54) is 26.2 Å². The molecule has 0 aromatic carbocycles. The van der Waals surface area contributed by atoms with Gasteiger partial charge in [0.05, 0.1) is 24.7 Å². The Kier molecular flexibility index (Phi) is 83.6. The second kappa shape index (κ2) is 69.8. The number of Topliss-reactive ketones (excluding diaryl/α,β-unsaturated/α-hetero) is 1. The van der Waals surface area contributed by atoms with Gasteiger partial charge in [0.25, 0.3) is 10.2 Å². The Morgan fingerprint density at radius 3 is 1.03 bits per heavy atom. The fraction of sp³-hybridized carbons (Fsp3) is 0.769. The number of nitrogens with one attached hydrogen (secondary N) is 11. The number of ketones is 1. The number of alkyl carbamates (subject to hydrolysis) is 1. The number of aliphatic hydroxyl groups is 1. The third-order valence-corrected chi connectivity index (χ3v) is 12.5. The van der Waals surface area contributed by atoms with Crippen LogP contribution in [0.15, 0.2) is 36.5 Å². The third-order valence-electron chi connectivity index (χ3n) is 8.56. The zero-order valence-electron chi connectivity index (χ0n) is 65.1. The average molecular weight is 1430 g/mol. The molecule has 0 aliphatic rings. The maximum atomic E-state index is 11.0. The Morgan fingerprint density at radius 2 is 0.874 bits per heavy atom. The highest BCUT2D eigenvalue weighted by Crippen LogP contribution is 2.13. The minimum atomic E-state index is -3.23. The Morgan fingerprint density at radius 1 is 0.537 bits per heavy atom. The van der Waals surface area contributed by atoms with Gasteiger partial charge in [0.15, 0.2) is 0 Å². The standard InChI is InChI=1S/C9H18N2O.2C7H13NO.C6H14N2O.C6H14O.C6H8O.C5H14N2O2S.C5H13NO2S.C5H11NO2.C5H11NO.C4H11NO2S/c1-8(2)10-9(12)6-5-7-11(3)4;2*1-4-5-7(9)8-6(2)3;1-4-7-6(9)8-5(2)3;1-5(2)6(3,4)7;1-4-6(7)5(2)3;1-4-6-10(8,9)7-5(2)3;1-4-9(7,8)6-5(2)3;1-4(2)6-5(7)8-3;1-4(2)6-5(3)7;1-4(2)5-8(3,6)7/h5-6,8H,7H2,1-4H3,(H,10,12);2*4-6H,1-3H3,(H,8,9);5H,4H2,1-3H3,(H2,7,8,9);5,7H,1-4H3;1,5H,2-3H3;5-7H,4H2,1-3H3;5-6H,4H2,1-3H3;4H,1-3H3,(H,6,7);4H,1-3H3,(H,6,7);4-5H,1-3H3/b6-5+;2*5-4+;;;;;;;;. The molecule has 0 aromatic rings. The number of sulfonamides is 2. The van der Waals surface area contributed by atoms with Crippen LogP contribution in [0.3, 0.4) is 0 Å². The van der Waals surface area contributed by atoms with Crippen LogP contribution in [0.1, 0.15) is 208 Å². The molecular formula is C65H140N12O15S3. The molecule has 0 aliphatic carbocycles. The summed E-state index contributed by atoms with van der Waals surface area (Å²) in [7, 11) is -3.90. The van der Waals surface area contributed by atoms with E-state index < -0.39 is 35.9 Å². The van der Waals surface area contributed by atoms with Gasteiger partial charge < -0.3 is 52.0 Å². The van der Waals surface area contributed by atoms with Gasteiger partial charge in [-0.05, 0) is 204 Å². The Hall–Kier alpha value is -5.52. The molecule has 95 heavy (non-hydrogen) atoms. The van der Waals surface area contributed by atoms with Crippen molar-refractivity contribution in [3.63, 3.8) is 0 Å². The van der Waals surface area contributed by atoms with E-state index in [2.05, 4.69) is 60.8 Å². The zero-order valence-corrected chi connectivity index (χ0v) is 67.5. The molecule has 0 fully saturated rings. The van der Waals surface area contributed by atoms with Crippen molar-refractivity contribution < 1.29 is 68.7 Å². The highest BCUT2D eigenvalue weighted by Gasteiger charge is 2.16. The number of nitrogens with zero attached hydrogens (tertiary/aromatic N) is 1. The molecule has 0 atom stereocenters. The van der Waals surface area contributed by atoms with Crippen LogP contribution in [0.4, 0.5) is 9.59 Å². The smallest absolute Gasteiger partial charge is 0.407 e. The summed E-state index contributed by atoms with van der Waals surface area (Å²) in [6, 6.07) is 1.19. The monoisotopic (exact) mass is 1420 g/mol. The van der Waals surface area contributed by atoms with Crippen LogP contribution >= 0.6 is 0 Å². The van der Waals surface area contributed by atoms with E-state index in [0.717, 1.165) is 12.8 Å². The van der Waals surface area contributed by atoms with Gasteiger partial charge in [0, 0.05) is 92.9 Å². The molecule has 0 spiro atoms. The van der Waals surface area contributed by atoms with Crippen molar-refractivity contribution in [2.24, 2.45) is 11.8 Å². The summed E-state index contributed by atoms with van der Waals surface area (Å²) in [6.07, 6.45) is 15.4. The van der Waals surface area contributed by atoms with Crippen molar-refractivity contribution in [1.29, 1.82) is 0 Å². The van der Waals surface area contributed by atoms with Gasteiger partial charge >= 0.3 is 12.1 Å². The third kappa shape index (κ3) is 137. The molecule has 0 rings (SSSR count). The number of terminal acetylenes is 1. The first kappa shape index (κ1) is 114. The molecule has 0 saturated heterocycles. The number of ether oxygens (including phenoxy) is 1. The first-order chi connectivity index (χ1) is 42.8. The number of rotatable bonds is 23. The summed E-state index contributed by atoms with van der Waals surface area (Å²) in [4.78, 5) is 75.7. The zero-order chi connectivity index (χ0) is 78.2. The SMILES string of the molecule is C#CC(=O)C(C)C.C/C=C/C(=O)NC(C)C.C/C=C/C(=O)NC(C)C.CC(=O)NC(C)C.CC(C)C(C)(C)O.CC(C)NC(=O)/C=C/CN(C)C.CC(C)NS(C)(=O)=O.CCNC(=O)NC(C)C.CCNS(=O)(=O)NC(C)C.CCS(=O)(=O)NC(C)C.COC(=O)NC(C)C. The van der Waals surface area contributed by atoms with Crippen LogP contribution in [-0.4, -0.2) is 190 Å². The molecule has 0 heterocycles. The fourth-order valence-electron chi connectivity index (χ4n) is 4.43. The lowest BCUT2D eigenvalue weighted by Gasteiger charge is -2.21. The molecule has 27 nitrogen and oxygen atoms in total. The molecule has 7 amide bonds. The van der Waals surface area contributed by atoms with Crippen LogP contribution in [0, 0.1) is 24.2 Å². The molecule has 0 unspecified atom stereocenters. The lowest BCUT2D eigenvalue weighted by Crippen LogP contribution is -2.40. The number of likely N-dealkylation sites (N-methyl/N-ethyl adjacent to an activating group) is 1. The van der Waals surface area contributed by atoms with Crippen molar-refractivity contribution in [2.45, 2.75) is 268 Å². The van der Waals surface area contributed by atoms with Gasteiger partial charge in [0.2, 0.25) is 49.5 Å². The number of methoxy groups -OCH3 is 1. The van der Waals surface area contributed by atoms with Gasteiger partial charge in [-0.2, -0.15) is 13.1 Å². The van der Waals surface area contributed by atoms with Crippen LogP contribution < -0.4 is 56.1 Å². The van der Waals surface area contributed by atoms with Crippen molar-refractivity contribution in [1.82, 2.24) is 61.0 Å². The minimum Gasteiger partial charge on any atom is -0.453 e. The lowest BCUT2D eigenvalue weighted by atomic mass is 9.95. The van der Waals surface area contributed by atoms with E-state index in [0.29, 0.717) is 19.0 Å². The topological polar surface area (TPSA) is 387 Å². The highest BCUT2D eigenvalue weighted by atomic mass is 32.2. The van der Waals surface area contributed by atoms with Gasteiger partial charge in [-0.3, -0.25) is 24.0 Å². The summed E-state index contributed by atoms with van der Waals surface area (Å²) >= 11 is 0. The Labute approximate surface area is 579 Å². The molecular weight excluding hydrogens is 1280 g/mol. The van der Waals surface area contributed by atoms with Gasteiger partial charge in [0.1, 0.15) is 0 Å². The molecule has 0 bridgehead atoms. The minimum absolute atomic E-state index is 0.00463. The molecule has 0 radical (unpaired) electrons. The van der Waals surface area contributed by atoms with Crippen molar-refractivity contribution in [3.05, 3.63) is 36.5 Å². The predicted octanol–water partition coefficient (Wildman–Crippen LogP) is 7.17.